The van der Waals surface area contributed by atoms with Crippen molar-refractivity contribution in [3.63, 3.8) is 0 Å². The molecule has 0 saturated carbocycles. The Hall–Kier alpha value is -2.21. The largest absolute Gasteiger partial charge is 0.487 e. The summed E-state index contributed by atoms with van der Waals surface area (Å²) in [6.45, 7) is 1.88. The smallest absolute Gasteiger partial charge is 0.272 e. The molecule has 0 aliphatic carbocycles. The second-order valence-electron chi connectivity index (χ2n) is 3.82. The molecule has 2 aromatic rings. The Morgan fingerprint density at radius 3 is 2.74 bits per heavy atom. The molecule has 0 aliphatic heterocycles. The molecule has 0 aliphatic rings. The highest BCUT2D eigenvalue weighted by atomic mass is 35.5. The third-order valence-electron chi connectivity index (χ3n) is 2.43. The monoisotopic (exact) mass is 279 g/mol. The van der Waals surface area contributed by atoms with E-state index in [1.54, 1.807) is 19.1 Å². The zero-order chi connectivity index (χ0) is 13.8. The lowest BCUT2D eigenvalue weighted by molar-refractivity contribution is -0.385. The molecule has 0 fully saturated rings. The van der Waals surface area contributed by atoms with Crippen molar-refractivity contribution in [1.29, 1.82) is 0 Å². The SMILES string of the molecule is Cc1cc(OCc2cnc(Cl)cn2)ccc1[N+](=O)[O-]. The maximum Gasteiger partial charge on any atom is 0.272 e. The van der Waals surface area contributed by atoms with Gasteiger partial charge in [-0.15, -0.1) is 0 Å². The molecule has 0 saturated heterocycles. The van der Waals surface area contributed by atoms with Crippen molar-refractivity contribution >= 4 is 17.3 Å². The predicted molar refractivity (Wildman–Crippen MR) is 69.2 cm³/mol. The molecule has 0 amide bonds. The van der Waals surface area contributed by atoms with Crippen LogP contribution in [-0.4, -0.2) is 14.9 Å². The number of aromatic nitrogens is 2. The van der Waals surface area contributed by atoms with Crippen molar-refractivity contribution in [3.8, 4) is 5.75 Å². The molecule has 6 nitrogen and oxygen atoms in total. The first-order valence-electron chi connectivity index (χ1n) is 5.40. The van der Waals surface area contributed by atoms with Crippen molar-refractivity contribution in [2.24, 2.45) is 0 Å². The van der Waals surface area contributed by atoms with Gasteiger partial charge in [0, 0.05) is 11.6 Å². The third kappa shape index (κ3) is 3.38. The third-order valence-corrected chi connectivity index (χ3v) is 2.62. The molecular formula is C12H10ClN3O3. The number of nitro benzene ring substituents is 1. The highest BCUT2D eigenvalue weighted by Gasteiger charge is 2.10. The summed E-state index contributed by atoms with van der Waals surface area (Å²) in [5.41, 5.74) is 1.24. The zero-order valence-corrected chi connectivity index (χ0v) is 10.8. The highest BCUT2D eigenvalue weighted by molar-refractivity contribution is 6.29. The normalized spacial score (nSPS) is 10.2. The Morgan fingerprint density at radius 2 is 2.16 bits per heavy atom. The van der Waals surface area contributed by atoms with Gasteiger partial charge in [0.05, 0.1) is 23.0 Å². The molecule has 2 rings (SSSR count). The fourth-order valence-corrected chi connectivity index (χ4v) is 1.59. The lowest BCUT2D eigenvalue weighted by atomic mass is 10.2. The van der Waals surface area contributed by atoms with E-state index in [0.29, 0.717) is 22.2 Å². The van der Waals surface area contributed by atoms with Gasteiger partial charge in [-0.3, -0.25) is 15.1 Å². The van der Waals surface area contributed by atoms with Crippen LogP contribution in [0.15, 0.2) is 30.6 Å². The van der Waals surface area contributed by atoms with Gasteiger partial charge in [-0.1, -0.05) is 11.6 Å². The first-order chi connectivity index (χ1) is 9.06. The standard InChI is InChI=1S/C12H10ClN3O3/c1-8-4-10(2-3-11(8)16(17)18)19-7-9-5-15-12(13)6-14-9/h2-6H,7H2,1H3. The second-order valence-corrected chi connectivity index (χ2v) is 4.21. The molecule has 1 heterocycles. The summed E-state index contributed by atoms with van der Waals surface area (Å²) in [6.07, 6.45) is 2.95. The average Bonchev–Trinajstić information content (AvgIpc) is 2.37. The van der Waals surface area contributed by atoms with Crippen LogP contribution in [-0.2, 0) is 6.61 Å². The minimum Gasteiger partial charge on any atom is -0.487 e. The van der Waals surface area contributed by atoms with Crippen LogP contribution in [0.3, 0.4) is 0 Å². The number of hydrogen-bond acceptors (Lipinski definition) is 5. The van der Waals surface area contributed by atoms with Crippen molar-refractivity contribution in [1.82, 2.24) is 9.97 Å². The van der Waals surface area contributed by atoms with E-state index in [2.05, 4.69) is 9.97 Å². The number of ether oxygens (including phenoxy) is 1. The first-order valence-corrected chi connectivity index (χ1v) is 5.78. The Kier molecular flexibility index (Phi) is 3.91. The maximum absolute atomic E-state index is 10.7. The molecule has 0 unspecified atom stereocenters. The number of nitrogens with zero attached hydrogens (tertiary/aromatic N) is 3. The van der Waals surface area contributed by atoms with E-state index in [1.807, 2.05) is 0 Å². The van der Waals surface area contributed by atoms with Crippen molar-refractivity contribution in [3.05, 3.63) is 57.1 Å². The Balaban J connectivity index is 2.06. The average molecular weight is 280 g/mol. The summed E-state index contributed by atoms with van der Waals surface area (Å²) in [6, 6.07) is 4.58. The Bertz CT molecular complexity index is 602. The summed E-state index contributed by atoms with van der Waals surface area (Å²) in [7, 11) is 0. The number of halogens is 1. The fourth-order valence-electron chi connectivity index (χ4n) is 1.49. The molecule has 98 valence electrons. The fraction of sp³-hybridized carbons (Fsp3) is 0.167. The second kappa shape index (κ2) is 5.62. The number of aryl methyl sites for hydroxylation is 1. The van der Waals surface area contributed by atoms with Crippen LogP contribution in [0.5, 0.6) is 5.75 Å². The van der Waals surface area contributed by atoms with Crippen molar-refractivity contribution < 1.29 is 9.66 Å². The van der Waals surface area contributed by atoms with Gasteiger partial charge in [0.15, 0.2) is 0 Å². The molecular weight excluding hydrogens is 270 g/mol. The lowest BCUT2D eigenvalue weighted by Crippen LogP contribution is -1.99. The van der Waals surface area contributed by atoms with Crippen LogP contribution in [0.25, 0.3) is 0 Å². The minimum atomic E-state index is -0.427. The van der Waals surface area contributed by atoms with Crippen molar-refractivity contribution in [2.75, 3.05) is 0 Å². The maximum atomic E-state index is 10.7. The molecule has 1 aromatic heterocycles. The van der Waals surface area contributed by atoms with Gasteiger partial charge in [0.25, 0.3) is 5.69 Å². The van der Waals surface area contributed by atoms with Crippen molar-refractivity contribution in [2.45, 2.75) is 13.5 Å². The van der Waals surface area contributed by atoms with Gasteiger partial charge in [0.2, 0.25) is 0 Å². The van der Waals surface area contributed by atoms with Crippen LogP contribution >= 0.6 is 11.6 Å². The summed E-state index contributed by atoms with van der Waals surface area (Å²) >= 11 is 5.62. The van der Waals surface area contributed by atoms with E-state index in [0.717, 1.165) is 0 Å². The zero-order valence-electron chi connectivity index (χ0n) is 10.0. The number of nitro groups is 1. The highest BCUT2D eigenvalue weighted by Crippen LogP contribution is 2.23. The summed E-state index contributed by atoms with van der Waals surface area (Å²) in [4.78, 5) is 18.2. The van der Waals surface area contributed by atoms with E-state index in [-0.39, 0.29) is 12.3 Å². The van der Waals surface area contributed by atoms with E-state index >= 15 is 0 Å². The van der Waals surface area contributed by atoms with Gasteiger partial charge in [0.1, 0.15) is 17.5 Å². The number of hydrogen-bond donors (Lipinski definition) is 0. The summed E-state index contributed by atoms with van der Waals surface area (Å²) < 4.78 is 5.48. The van der Waals surface area contributed by atoms with E-state index in [4.69, 9.17) is 16.3 Å². The van der Waals surface area contributed by atoms with Gasteiger partial charge in [-0.2, -0.15) is 0 Å². The minimum absolute atomic E-state index is 0.0682. The molecule has 0 N–H and O–H groups in total. The number of benzene rings is 1. The first kappa shape index (κ1) is 13.2. The van der Waals surface area contributed by atoms with E-state index in [1.165, 1.54) is 18.5 Å². The van der Waals surface area contributed by atoms with Gasteiger partial charge in [-0.05, 0) is 19.1 Å². The van der Waals surface area contributed by atoms with Crippen LogP contribution in [0.1, 0.15) is 11.3 Å². The Morgan fingerprint density at radius 1 is 1.37 bits per heavy atom. The molecule has 0 spiro atoms. The van der Waals surface area contributed by atoms with Crippen LogP contribution < -0.4 is 4.74 Å². The summed E-state index contributed by atoms with van der Waals surface area (Å²) in [5, 5.41) is 11.0. The molecule has 0 radical (unpaired) electrons. The van der Waals surface area contributed by atoms with E-state index in [9.17, 15) is 10.1 Å². The van der Waals surface area contributed by atoms with Crippen LogP contribution in [0.2, 0.25) is 5.15 Å². The quantitative estimate of drug-likeness (QED) is 0.635. The topological polar surface area (TPSA) is 78.2 Å². The Labute approximate surface area is 114 Å². The van der Waals surface area contributed by atoms with E-state index < -0.39 is 4.92 Å². The molecule has 7 heteroatoms. The van der Waals surface area contributed by atoms with Crippen LogP contribution in [0.4, 0.5) is 5.69 Å². The predicted octanol–water partition coefficient (Wildman–Crippen LogP) is 2.93. The van der Waals surface area contributed by atoms with Gasteiger partial charge < -0.3 is 4.74 Å². The van der Waals surface area contributed by atoms with Gasteiger partial charge >= 0.3 is 0 Å². The molecule has 0 atom stereocenters. The van der Waals surface area contributed by atoms with Gasteiger partial charge in [-0.25, -0.2) is 4.98 Å². The molecule has 0 bridgehead atoms. The molecule has 1 aromatic carbocycles. The van der Waals surface area contributed by atoms with Crippen LogP contribution in [0, 0.1) is 17.0 Å². The number of rotatable bonds is 4. The molecule has 19 heavy (non-hydrogen) atoms. The lowest BCUT2D eigenvalue weighted by Gasteiger charge is -2.06. The summed E-state index contributed by atoms with van der Waals surface area (Å²) in [5.74, 6) is 0.542.